The van der Waals surface area contributed by atoms with Gasteiger partial charge in [-0.05, 0) is 0 Å². The summed E-state index contributed by atoms with van der Waals surface area (Å²) < 4.78 is 8.46. The maximum atomic E-state index is 10.6. The Hall–Kier alpha value is -1.14. The topological polar surface area (TPSA) is 93.1 Å². The average Bonchev–Trinajstić information content (AvgIpc) is 2.03. The number of esters is 1. The molecule has 0 radical (unpaired) electrons. The van der Waals surface area contributed by atoms with Crippen LogP contribution in [0.5, 0.6) is 0 Å². The lowest BCUT2D eigenvalue weighted by Gasteiger charge is -2.14. The molecule has 2 atom stereocenters. The fourth-order valence-corrected chi connectivity index (χ4v) is 0.609. The molecule has 0 aliphatic carbocycles. The van der Waals surface area contributed by atoms with E-state index in [-0.39, 0.29) is 0 Å². The second kappa shape index (κ2) is 4.68. The highest BCUT2D eigenvalue weighted by Gasteiger charge is 2.32. The molecule has 0 aliphatic rings. The smallest absolute Gasteiger partial charge is 0.338 e. The minimum Gasteiger partial charge on any atom is -0.479 e. The SMILES string of the molecule is COC(=O)[C@H](O)[C@@H](OC)C(=O)O. The van der Waals surface area contributed by atoms with Crippen LogP contribution in [0.2, 0.25) is 0 Å². The Labute approximate surface area is 68.7 Å². The van der Waals surface area contributed by atoms with Gasteiger partial charge >= 0.3 is 11.9 Å². The monoisotopic (exact) mass is 178 g/mol. The summed E-state index contributed by atoms with van der Waals surface area (Å²) in [7, 11) is 2.12. The summed E-state index contributed by atoms with van der Waals surface area (Å²) in [5.41, 5.74) is 0. The standard InChI is InChI=1S/C6H10O6/c1-11-4(5(8)9)3(7)6(10)12-2/h3-4,7H,1-2H3,(H,8,9)/t3-,4-/m1/s1. The number of methoxy groups -OCH3 is 2. The maximum absolute atomic E-state index is 10.6. The van der Waals surface area contributed by atoms with E-state index in [1.54, 1.807) is 0 Å². The van der Waals surface area contributed by atoms with E-state index >= 15 is 0 Å². The molecule has 0 unspecified atom stereocenters. The first-order chi connectivity index (χ1) is 5.54. The Bertz CT molecular complexity index is 177. The van der Waals surface area contributed by atoms with E-state index in [1.165, 1.54) is 0 Å². The Morgan fingerprint density at radius 3 is 2.08 bits per heavy atom. The number of aliphatic carboxylic acids is 1. The molecule has 0 fully saturated rings. The Morgan fingerprint density at radius 1 is 1.33 bits per heavy atom. The fourth-order valence-electron chi connectivity index (χ4n) is 0.609. The van der Waals surface area contributed by atoms with Crippen LogP contribution in [0.15, 0.2) is 0 Å². The highest BCUT2D eigenvalue weighted by Crippen LogP contribution is 2.00. The van der Waals surface area contributed by atoms with E-state index in [0.29, 0.717) is 0 Å². The zero-order valence-electron chi connectivity index (χ0n) is 6.68. The summed E-state index contributed by atoms with van der Waals surface area (Å²) in [5, 5.41) is 17.4. The molecule has 0 rings (SSSR count). The van der Waals surface area contributed by atoms with Crippen LogP contribution in [0.4, 0.5) is 0 Å². The third kappa shape index (κ3) is 2.48. The quantitative estimate of drug-likeness (QED) is 0.515. The molecule has 0 aliphatic heterocycles. The normalized spacial score (nSPS) is 14.9. The lowest BCUT2D eigenvalue weighted by molar-refractivity contribution is -0.170. The van der Waals surface area contributed by atoms with Gasteiger partial charge in [0.1, 0.15) is 0 Å². The van der Waals surface area contributed by atoms with Crippen molar-refractivity contribution in [3.05, 3.63) is 0 Å². The van der Waals surface area contributed by atoms with E-state index in [0.717, 1.165) is 14.2 Å². The van der Waals surface area contributed by atoms with Crippen molar-refractivity contribution in [2.75, 3.05) is 14.2 Å². The molecule has 0 amide bonds. The fraction of sp³-hybridized carbons (Fsp3) is 0.667. The molecular weight excluding hydrogens is 168 g/mol. The van der Waals surface area contributed by atoms with Crippen LogP contribution in [0.3, 0.4) is 0 Å². The van der Waals surface area contributed by atoms with Crippen molar-refractivity contribution in [3.8, 4) is 0 Å². The van der Waals surface area contributed by atoms with E-state index in [1.807, 2.05) is 0 Å². The molecule has 0 saturated carbocycles. The first-order valence-corrected chi connectivity index (χ1v) is 3.06. The van der Waals surface area contributed by atoms with E-state index in [4.69, 9.17) is 10.2 Å². The number of carbonyl (C=O) groups excluding carboxylic acids is 1. The van der Waals surface area contributed by atoms with Crippen molar-refractivity contribution in [2.45, 2.75) is 12.2 Å². The second-order valence-corrected chi connectivity index (χ2v) is 1.96. The van der Waals surface area contributed by atoms with E-state index < -0.39 is 24.1 Å². The summed E-state index contributed by atoms with van der Waals surface area (Å²) in [6, 6.07) is 0. The van der Waals surface area contributed by atoms with Crippen molar-refractivity contribution < 1.29 is 29.3 Å². The lowest BCUT2D eigenvalue weighted by Crippen LogP contribution is -2.41. The van der Waals surface area contributed by atoms with Gasteiger partial charge in [0.2, 0.25) is 0 Å². The number of hydrogen-bond donors (Lipinski definition) is 2. The molecule has 12 heavy (non-hydrogen) atoms. The molecule has 2 N–H and O–H groups in total. The molecule has 70 valence electrons. The summed E-state index contributed by atoms with van der Waals surface area (Å²) in [6.07, 6.45) is -3.38. The van der Waals surface area contributed by atoms with Crippen molar-refractivity contribution in [3.63, 3.8) is 0 Å². The number of carboxylic acid groups (broad SMARTS) is 1. The molecule has 6 heteroatoms. The van der Waals surface area contributed by atoms with Gasteiger partial charge in [0.25, 0.3) is 0 Å². The maximum Gasteiger partial charge on any atom is 0.338 e. The number of aliphatic hydroxyl groups is 1. The molecule has 0 aromatic heterocycles. The number of hydrogen-bond acceptors (Lipinski definition) is 5. The molecule has 0 aromatic rings. The number of aliphatic hydroxyl groups excluding tert-OH is 1. The largest absolute Gasteiger partial charge is 0.479 e. The van der Waals surface area contributed by atoms with Crippen LogP contribution in [0, 0.1) is 0 Å². The van der Waals surface area contributed by atoms with Gasteiger partial charge in [-0.3, -0.25) is 0 Å². The van der Waals surface area contributed by atoms with Gasteiger partial charge in [0.05, 0.1) is 7.11 Å². The lowest BCUT2D eigenvalue weighted by atomic mass is 10.2. The van der Waals surface area contributed by atoms with Crippen molar-refractivity contribution in [2.24, 2.45) is 0 Å². The van der Waals surface area contributed by atoms with Gasteiger partial charge < -0.3 is 19.7 Å². The highest BCUT2D eigenvalue weighted by molar-refractivity contribution is 5.84. The van der Waals surface area contributed by atoms with Gasteiger partial charge in [0.15, 0.2) is 12.2 Å². The molecule has 0 bridgehead atoms. The predicted octanol–water partition coefficient (Wildman–Crippen LogP) is -1.38. The van der Waals surface area contributed by atoms with Crippen LogP contribution in [-0.2, 0) is 19.1 Å². The second-order valence-electron chi connectivity index (χ2n) is 1.96. The first-order valence-electron chi connectivity index (χ1n) is 3.06. The summed E-state index contributed by atoms with van der Waals surface area (Å²) in [6.45, 7) is 0. The zero-order valence-corrected chi connectivity index (χ0v) is 6.68. The number of rotatable bonds is 4. The van der Waals surface area contributed by atoms with E-state index in [2.05, 4.69) is 9.47 Å². The Kier molecular flexibility index (Phi) is 4.24. The highest BCUT2D eigenvalue weighted by atomic mass is 16.6. The third-order valence-corrected chi connectivity index (χ3v) is 1.23. The predicted molar refractivity (Wildman–Crippen MR) is 36.5 cm³/mol. The minimum absolute atomic E-state index is 1.04. The van der Waals surface area contributed by atoms with Crippen LogP contribution < -0.4 is 0 Å². The van der Waals surface area contributed by atoms with Crippen LogP contribution in [0.25, 0.3) is 0 Å². The molecule has 0 heterocycles. The number of carbonyl (C=O) groups is 2. The molecule has 0 aromatic carbocycles. The van der Waals surface area contributed by atoms with Gasteiger partial charge in [-0.25, -0.2) is 9.59 Å². The summed E-state index contributed by atoms with van der Waals surface area (Å²) >= 11 is 0. The number of ether oxygens (including phenoxy) is 2. The van der Waals surface area contributed by atoms with Crippen molar-refractivity contribution in [1.29, 1.82) is 0 Å². The van der Waals surface area contributed by atoms with Gasteiger partial charge in [-0.1, -0.05) is 0 Å². The van der Waals surface area contributed by atoms with Gasteiger partial charge in [-0.15, -0.1) is 0 Å². The van der Waals surface area contributed by atoms with Gasteiger partial charge in [-0.2, -0.15) is 0 Å². The average molecular weight is 178 g/mol. The minimum atomic E-state index is -1.79. The number of carboxylic acids is 1. The molecule has 6 nitrogen and oxygen atoms in total. The van der Waals surface area contributed by atoms with Crippen LogP contribution in [-0.4, -0.2) is 48.6 Å². The van der Waals surface area contributed by atoms with Crippen molar-refractivity contribution in [1.82, 2.24) is 0 Å². The molecule has 0 spiro atoms. The van der Waals surface area contributed by atoms with Gasteiger partial charge in [0, 0.05) is 7.11 Å². The molecule has 0 saturated heterocycles. The summed E-state index contributed by atoms with van der Waals surface area (Å²) in [5.74, 6) is -2.46. The summed E-state index contributed by atoms with van der Waals surface area (Å²) in [4.78, 5) is 20.9. The zero-order chi connectivity index (χ0) is 9.72. The first kappa shape index (κ1) is 10.9. The van der Waals surface area contributed by atoms with E-state index in [9.17, 15) is 9.59 Å². The Morgan fingerprint density at radius 2 is 1.83 bits per heavy atom. The van der Waals surface area contributed by atoms with Crippen molar-refractivity contribution >= 4 is 11.9 Å². The molecular formula is C6H10O6. The Balaban J connectivity index is 4.30. The van der Waals surface area contributed by atoms with Crippen LogP contribution >= 0.6 is 0 Å². The third-order valence-electron chi connectivity index (χ3n) is 1.23. The van der Waals surface area contributed by atoms with Crippen LogP contribution in [0.1, 0.15) is 0 Å².